The van der Waals surface area contributed by atoms with Gasteiger partial charge in [-0.2, -0.15) is 0 Å². The van der Waals surface area contributed by atoms with Crippen LogP contribution in [0.15, 0.2) is 23.1 Å². The molecule has 1 aromatic rings. The lowest BCUT2D eigenvalue weighted by molar-refractivity contribution is 0.414. The van der Waals surface area contributed by atoms with Gasteiger partial charge in [0, 0.05) is 4.90 Å². The molecule has 0 heterocycles. The predicted molar refractivity (Wildman–Crippen MR) is 52.6 cm³/mol. The van der Waals surface area contributed by atoms with E-state index in [1.807, 2.05) is 19.2 Å². The molecule has 2 nitrogen and oxygen atoms in total. The predicted octanol–water partition coefficient (Wildman–Crippen LogP) is 2.23. The summed E-state index contributed by atoms with van der Waals surface area (Å²) in [5, 5.41) is 0. The van der Waals surface area contributed by atoms with Gasteiger partial charge in [-0.05, 0) is 49.7 Å². The second-order valence-electron chi connectivity index (χ2n) is 2.44. The van der Waals surface area contributed by atoms with Gasteiger partial charge in [-0.25, -0.2) is 0 Å². The number of rotatable bonds is 3. The van der Waals surface area contributed by atoms with Gasteiger partial charge in [-0.3, -0.25) is 4.72 Å². The number of nitrogens with one attached hydrogen (secondary N) is 1. The lowest BCUT2D eigenvalue weighted by Gasteiger charge is -2.05. The van der Waals surface area contributed by atoms with Gasteiger partial charge in [0.1, 0.15) is 5.75 Å². The van der Waals surface area contributed by atoms with Crippen LogP contribution in [0.3, 0.4) is 0 Å². The van der Waals surface area contributed by atoms with Gasteiger partial charge in [0.15, 0.2) is 0 Å². The van der Waals surface area contributed by atoms with Crippen molar-refractivity contribution in [1.82, 2.24) is 4.72 Å². The number of aryl methyl sites for hydroxylation is 1. The average molecular weight is 183 g/mol. The molecule has 66 valence electrons. The van der Waals surface area contributed by atoms with Crippen molar-refractivity contribution >= 4 is 11.9 Å². The number of benzene rings is 1. The van der Waals surface area contributed by atoms with Crippen LogP contribution in [0.25, 0.3) is 0 Å². The maximum atomic E-state index is 5.10. The van der Waals surface area contributed by atoms with Crippen LogP contribution in [-0.2, 0) is 0 Å². The Balaban J connectivity index is 2.87. The molecule has 0 aliphatic carbocycles. The Morgan fingerprint density at radius 1 is 1.42 bits per heavy atom. The standard InChI is InChI=1S/C9H13NOS/c1-7-6-8(11-3)4-5-9(7)12-10-2/h4-6,10H,1-3H3. The largest absolute Gasteiger partial charge is 0.497 e. The quantitative estimate of drug-likeness (QED) is 0.726. The Bertz CT molecular complexity index is 263. The Kier molecular flexibility index (Phi) is 3.44. The molecule has 0 fully saturated rings. The topological polar surface area (TPSA) is 21.3 Å². The summed E-state index contributed by atoms with van der Waals surface area (Å²) < 4.78 is 8.14. The van der Waals surface area contributed by atoms with Crippen LogP contribution >= 0.6 is 11.9 Å². The molecule has 12 heavy (non-hydrogen) atoms. The third-order valence-electron chi connectivity index (χ3n) is 1.59. The van der Waals surface area contributed by atoms with Crippen LogP contribution < -0.4 is 9.46 Å². The van der Waals surface area contributed by atoms with Crippen LogP contribution in [0, 0.1) is 6.92 Å². The van der Waals surface area contributed by atoms with E-state index in [4.69, 9.17) is 4.74 Å². The molecular formula is C9H13NOS. The molecule has 3 heteroatoms. The number of ether oxygens (including phenoxy) is 1. The van der Waals surface area contributed by atoms with Crippen LogP contribution in [0.5, 0.6) is 5.75 Å². The number of methoxy groups -OCH3 is 1. The van der Waals surface area contributed by atoms with Gasteiger partial charge >= 0.3 is 0 Å². The van der Waals surface area contributed by atoms with Crippen LogP contribution in [0.1, 0.15) is 5.56 Å². The lowest BCUT2D eigenvalue weighted by atomic mass is 10.2. The summed E-state index contributed by atoms with van der Waals surface area (Å²) in [5.74, 6) is 0.910. The van der Waals surface area contributed by atoms with Gasteiger partial charge in [0.2, 0.25) is 0 Å². The molecule has 0 aliphatic heterocycles. The van der Waals surface area contributed by atoms with Gasteiger partial charge in [0.05, 0.1) is 7.11 Å². The highest BCUT2D eigenvalue weighted by Gasteiger charge is 1.98. The van der Waals surface area contributed by atoms with Gasteiger partial charge in [-0.1, -0.05) is 0 Å². The average Bonchev–Trinajstić information content (AvgIpc) is 2.09. The van der Waals surface area contributed by atoms with Crippen LogP contribution in [0.2, 0.25) is 0 Å². The molecule has 1 rings (SSSR count). The van der Waals surface area contributed by atoms with E-state index < -0.39 is 0 Å². The Labute approximate surface area is 77.4 Å². The van der Waals surface area contributed by atoms with E-state index in [0.29, 0.717) is 0 Å². The fourth-order valence-electron chi connectivity index (χ4n) is 0.973. The first-order chi connectivity index (χ1) is 5.77. The zero-order valence-corrected chi connectivity index (χ0v) is 8.37. The minimum Gasteiger partial charge on any atom is -0.497 e. The van der Waals surface area contributed by atoms with Crippen molar-refractivity contribution in [2.45, 2.75) is 11.8 Å². The molecular weight excluding hydrogens is 170 g/mol. The number of hydrogen-bond acceptors (Lipinski definition) is 3. The molecule has 0 spiro atoms. The van der Waals surface area contributed by atoms with Gasteiger partial charge in [0.25, 0.3) is 0 Å². The zero-order valence-electron chi connectivity index (χ0n) is 7.55. The summed E-state index contributed by atoms with van der Waals surface area (Å²) in [7, 11) is 3.59. The van der Waals surface area contributed by atoms with E-state index >= 15 is 0 Å². The molecule has 0 atom stereocenters. The minimum atomic E-state index is 0.910. The third-order valence-corrected chi connectivity index (χ3v) is 2.48. The fraction of sp³-hybridized carbons (Fsp3) is 0.333. The molecule has 1 N–H and O–H groups in total. The summed E-state index contributed by atoms with van der Waals surface area (Å²) in [5.41, 5.74) is 1.23. The first-order valence-corrected chi connectivity index (χ1v) is 4.58. The summed E-state index contributed by atoms with van der Waals surface area (Å²) >= 11 is 1.62. The molecule has 0 bridgehead atoms. The highest BCUT2D eigenvalue weighted by atomic mass is 32.2. The second-order valence-corrected chi connectivity index (χ2v) is 3.49. The molecule has 0 saturated heterocycles. The van der Waals surface area contributed by atoms with E-state index in [1.54, 1.807) is 19.1 Å². The van der Waals surface area contributed by atoms with Crippen LogP contribution in [0.4, 0.5) is 0 Å². The Morgan fingerprint density at radius 2 is 2.17 bits per heavy atom. The fourth-order valence-corrected chi connectivity index (χ4v) is 1.55. The van der Waals surface area contributed by atoms with Crippen molar-refractivity contribution in [2.75, 3.05) is 14.2 Å². The first-order valence-electron chi connectivity index (χ1n) is 3.76. The van der Waals surface area contributed by atoms with E-state index in [2.05, 4.69) is 17.7 Å². The second kappa shape index (κ2) is 4.38. The summed E-state index contributed by atoms with van der Waals surface area (Å²) in [6.07, 6.45) is 0. The molecule has 0 amide bonds. The maximum Gasteiger partial charge on any atom is 0.119 e. The molecule has 0 unspecified atom stereocenters. The molecule has 0 aliphatic rings. The van der Waals surface area contributed by atoms with E-state index in [-0.39, 0.29) is 0 Å². The smallest absolute Gasteiger partial charge is 0.119 e. The van der Waals surface area contributed by atoms with Crippen molar-refractivity contribution in [3.05, 3.63) is 23.8 Å². The summed E-state index contributed by atoms with van der Waals surface area (Å²) in [4.78, 5) is 1.23. The zero-order chi connectivity index (χ0) is 8.97. The van der Waals surface area contributed by atoms with Gasteiger partial charge in [-0.15, -0.1) is 0 Å². The van der Waals surface area contributed by atoms with Crippen molar-refractivity contribution < 1.29 is 4.74 Å². The monoisotopic (exact) mass is 183 g/mol. The first kappa shape index (κ1) is 9.42. The normalized spacial score (nSPS) is 9.92. The Morgan fingerprint density at radius 3 is 2.67 bits per heavy atom. The van der Waals surface area contributed by atoms with Crippen molar-refractivity contribution in [2.24, 2.45) is 0 Å². The highest BCUT2D eigenvalue weighted by Crippen LogP contribution is 2.23. The Hall–Kier alpha value is -0.670. The summed E-state index contributed by atoms with van der Waals surface area (Å²) in [6.45, 7) is 2.07. The van der Waals surface area contributed by atoms with E-state index in [0.717, 1.165) is 5.75 Å². The van der Waals surface area contributed by atoms with E-state index in [1.165, 1.54) is 10.5 Å². The van der Waals surface area contributed by atoms with E-state index in [9.17, 15) is 0 Å². The van der Waals surface area contributed by atoms with Gasteiger partial charge < -0.3 is 4.74 Å². The third kappa shape index (κ3) is 2.16. The molecule has 0 aromatic heterocycles. The van der Waals surface area contributed by atoms with Crippen molar-refractivity contribution in [1.29, 1.82) is 0 Å². The van der Waals surface area contributed by atoms with Crippen LogP contribution in [-0.4, -0.2) is 14.2 Å². The SMILES string of the molecule is CNSc1ccc(OC)cc1C. The number of hydrogen-bond donors (Lipinski definition) is 1. The minimum absolute atomic E-state index is 0.910. The van der Waals surface area contributed by atoms with Crippen molar-refractivity contribution in [3.8, 4) is 5.75 Å². The highest BCUT2D eigenvalue weighted by molar-refractivity contribution is 7.97. The molecule has 1 aromatic carbocycles. The molecule has 0 saturated carbocycles. The maximum absolute atomic E-state index is 5.10. The molecule has 0 radical (unpaired) electrons. The lowest BCUT2D eigenvalue weighted by Crippen LogP contribution is -1.93. The van der Waals surface area contributed by atoms with Crippen molar-refractivity contribution in [3.63, 3.8) is 0 Å². The summed E-state index contributed by atoms with van der Waals surface area (Å²) in [6, 6.07) is 6.04.